The molecule has 0 bridgehead atoms. The first-order chi connectivity index (χ1) is 14.7. The van der Waals surface area contributed by atoms with Crippen LogP contribution in [0.25, 0.3) is 16.6 Å². The predicted octanol–water partition coefficient (Wildman–Crippen LogP) is 3.65. The smallest absolute Gasteiger partial charge is 0.354 e. The number of rotatable bonds is 6. The minimum atomic E-state index is -4.64. The molecule has 1 aromatic heterocycles. The quantitative estimate of drug-likeness (QED) is 0.645. The first-order valence-electron chi connectivity index (χ1n) is 9.92. The lowest BCUT2D eigenvalue weighted by atomic mass is 10.1. The maximum atomic E-state index is 13.4. The van der Waals surface area contributed by atoms with E-state index in [4.69, 9.17) is 0 Å². The Morgan fingerprint density at radius 1 is 1.06 bits per heavy atom. The number of amides is 1. The van der Waals surface area contributed by atoms with E-state index in [1.165, 1.54) is 16.7 Å². The molecule has 31 heavy (non-hydrogen) atoms. The predicted molar refractivity (Wildman–Crippen MR) is 111 cm³/mol. The normalized spacial score (nSPS) is 12.7. The Kier molecular flexibility index (Phi) is 6.33. The van der Waals surface area contributed by atoms with Gasteiger partial charge in [-0.15, -0.1) is 0 Å². The van der Waals surface area contributed by atoms with Gasteiger partial charge in [0.1, 0.15) is 6.04 Å². The van der Waals surface area contributed by atoms with Crippen LogP contribution in [-0.2, 0) is 11.0 Å². The topological polar surface area (TPSA) is 73.1 Å². The van der Waals surface area contributed by atoms with Gasteiger partial charge in [0.25, 0.3) is 5.56 Å². The zero-order valence-electron chi connectivity index (χ0n) is 17.1. The molecule has 0 spiro atoms. The first-order valence-corrected chi connectivity index (χ1v) is 9.92. The van der Waals surface area contributed by atoms with Crippen molar-refractivity contribution in [1.29, 1.82) is 0 Å². The fraction of sp³-hybridized carbons (Fsp3) is 0.318. The SMILES string of the molecule is CCCNC(=O)C(CC)n1c(=O)n(-c2cccc(C(F)(F)F)c2)c(=O)c2ccccc21. The minimum absolute atomic E-state index is 0.126. The summed E-state index contributed by atoms with van der Waals surface area (Å²) in [5.41, 5.74) is -2.57. The van der Waals surface area contributed by atoms with Gasteiger partial charge >= 0.3 is 11.9 Å². The van der Waals surface area contributed by atoms with E-state index < -0.39 is 34.9 Å². The molecular weight excluding hydrogens is 411 g/mol. The highest BCUT2D eigenvalue weighted by Gasteiger charge is 2.31. The molecular formula is C22H22F3N3O3. The van der Waals surface area contributed by atoms with Gasteiger partial charge in [-0.25, -0.2) is 9.36 Å². The van der Waals surface area contributed by atoms with Crippen LogP contribution in [0.5, 0.6) is 0 Å². The molecule has 9 heteroatoms. The Balaban J connectivity index is 2.34. The molecule has 3 aromatic rings. The van der Waals surface area contributed by atoms with Gasteiger partial charge in [-0.3, -0.25) is 14.2 Å². The van der Waals surface area contributed by atoms with E-state index in [0.29, 0.717) is 17.5 Å². The second-order valence-electron chi connectivity index (χ2n) is 7.07. The maximum Gasteiger partial charge on any atom is 0.416 e. The van der Waals surface area contributed by atoms with Gasteiger partial charge in [0.2, 0.25) is 5.91 Å². The molecule has 2 aromatic carbocycles. The summed E-state index contributed by atoms with van der Waals surface area (Å²) >= 11 is 0. The number of fused-ring (bicyclic) bond motifs is 1. The van der Waals surface area contributed by atoms with Crippen molar-refractivity contribution in [3.63, 3.8) is 0 Å². The lowest BCUT2D eigenvalue weighted by Crippen LogP contribution is -2.44. The van der Waals surface area contributed by atoms with Crippen LogP contribution < -0.4 is 16.6 Å². The summed E-state index contributed by atoms with van der Waals surface area (Å²) < 4.78 is 41.5. The van der Waals surface area contributed by atoms with Crippen LogP contribution in [0.15, 0.2) is 58.1 Å². The van der Waals surface area contributed by atoms with E-state index >= 15 is 0 Å². The van der Waals surface area contributed by atoms with Gasteiger partial charge in [0.15, 0.2) is 0 Å². The lowest BCUT2D eigenvalue weighted by molar-refractivity contribution is -0.137. The standard InChI is InChI=1S/C22H22F3N3O3/c1-3-12-26-19(29)17(4-2)28-18-11-6-5-10-16(18)20(30)27(21(28)31)15-9-7-8-14(13-15)22(23,24)25/h5-11,13,17H,3-4,12H2,1-2H3,(H,26,29). The molecule has 1 heterocycles. The molecule has 6 nitrogen and oxygen atoms in total. The van der Waals surface area contributed by atoms with Crippen LogP contribution in [0.2, 0.25) is 0 Å². The van der Waals surface area contributed by atoms with E-state index in [1.807, 2.05) is 6.92 Å². The minimum Gasteiger partial charge on any atom is -0.354 e. The van der Waals surface area contributed by atoms with Gasteiger partial charge in [-0.1, -0.05) is 32.0 Å². The molecule has 0 aliphatic carbocycles. The summed E-state index contributed by atoms with van der Waals surface area (Å²) in [6, 6.07) is 9.32. The average molecular weight is 433 g/mol. The fourth-order valence-electron chi connectivity index (χ4n) is 3.48. The van der Waals surface area contributed by atoms with E-state index in [1.54, 1.807) is 25.1 Å². The number of halogens is 3. The Morgan fingerprint density at radius 3 is 2.42 bits per heavy atom. The molecule has 0 fully saturated rings. The van der Waals surface area contributed by atoms with Gasteiger partial charge in [0.05, 0.1) is 22.2 Å². The Morgan fingerprint density at radius 2 is 1.77 bits per heavy atom. The van der Waals surface area contributed by atoms with Gasteiger partial charge in [0, 0.05) is 6.54 Å². The summed E-state index contributed by atoms with van der Waals surface area (Å²) in [6.07, 6.45) is -3.69. The number of nitrogens with zero attached hydrogens (tertiary/aromatic N) is 2. The Labute approximate surface area is 175 Å². The number of alkyl halides is 3. The van der Waals surface area contributed by atoms with Gasteiger partial charge in [-0.2, -0.15) is 13.2 Å². The lowest BCUT2D eigenvalue weighted by Gasteiger charge is -2.21. The van der Waals surface area contributed by atoms with Crippen LogP contribution >= 0.6 is 0 Å². The summed E-state index contributed by atoms with van der Waals surface area (Å²) in [5, 5.41) is 2.87. The molecule has 0 saturated carbocycles. The number of hydrogen-bond acceptors (Lipinski definition) is 3. The molecule has 1 atom stereocenters. The third-order valence-electron chi connectivity index (χ3n) is 4.98. The summed E-state index contributed by atoms with van der Waals surface area (Å²) in [6.45, 7) is 4.02. The number of aromatic nitrogens is 2. The molecule has 1 amide bonds. The van der Waals surface area contributed by atoms with Crippen LogP contribution in [0.3, 0.4) is 0 Å². The van der Waals surface area contributed by atoms with Crippen molar-refractivity contribution in [2.24, 2.45) is 0 Å². The third-order valence-corrected chi connectivity index (χ3v) is 4.98. The number of hydrogen-bond donors (Lipinski definition) is 1. The highest BCUT2D eigenvalue weighted by Crippen LogP contribution is 2.30. The molecule has 0 aliphatic rings. The van der Waals surface area contributed by atoms with E-state index in [-0.39, 0.29) is 23.0 Å². The van der Waals surface area contributed by atoms with Crippen LogP contribution in [0, 0.1) is 0 Å². The summed E-state index contributed by atoms with van der Waals surface area (Å²) in [5.74, 6) is -0.397. The number of carbonyl (C=O) groups excluding carboxylic acids is 1. The molecule has 0 saturated heterocycles. The molecule has 1 N–H and O–H groups in total. The third kappa shape index (κ3) is 4.26. The van der Waals surface area contributed by atoms with Crippen molar-refractivity contribution in [3.8, 4) is 5.69 Å². The Bertz CT molecular complexity index is 1230. The van der Waals surface area contributed by atoms with Crippen LogP contribution in [-0.4, -0.2) is 21.6 Å². The zero-order valence-corrected chi connectivity index (χ0v) is 17.1. The van der Waals surface area contributed by atoms with Gasteiger partial charge < -0.3 is 5.32 Å². The van der Waals surface area contributed by atoms with Crippen molar-refractivity contribution in [3.05, 3.63) is 74.9 Å². The highest BCUT2D eigenvalue weighted by molar-refractivity contribution is 5.84. The van der Waals surface area contributed by atoms with E-state index in [9.17, 15) is 27.6 Å². The van der Waals surface area contributed by atoms with Crippen LogP contribution in [0.1, 0.15) is 38.3 Å². The van der Waals surface area contributed by atoms with Crippen molar-refractivity contribution in [2.75, 3.05) is 6.54 Å². The van der Waals surface area contributed by atoms with Crippen molar-refractivity contribution in [1.82, 2.24) is 14.5 Å². The van der Waals surface area contributed by atoms with E-state index in [0.717, 1.165) is 18.2 Å². The molecule has 1 unspecified atom stereocenters. The number of benzene rings is 2. The molecule has 0 aliphatic heterocycles. The largest absolute Gasteiger partial charge is 0.416 e. The second kappa shape index (κ2) is 8.79. The monoisotopic (exact) mass is 433 g/mol. The van der Waals surface area contributed by atoms with Crippen molar-refractivity contribution < 1.29 is 18.0 Å². The second-order valence-corrected chi connectivity index (χ2v) is 7.07. The van der Waals surface area contributed by atoms with Crippen molar-refractivity contribution >= 4 is 16.8 Å². The summed E-state index contributed by atoms with van der Waals surface area (Å²) in [4.78, 5) is 39.2. The average Bonchev–Trinajstić information content (AvgIpc) is 2.74. The van der Waals surface area contributed by atoms with E-state index in [2.05, 4.69) is 5.32 Å². The number of para-hydroxylation sites is 1. The fourth-order valence-corrected chi connectivity index (χ4v) is 3.48. The molecule has 164 valence electrons. The number of carbonyl (C=O) groups is 1. The Hall–Kier alpha value is -3.36. The molecule has 0 radical (unpaired) electrons. The highest BCUT2D eigenvalue weighted by atomic mass is 19.4. The molecule has 3 rings (SSSR count). The van der Waals surface area contributed by atoms with Crippen molar-refractivity contribution in [2.45, 2.75) is 38.9 Å². The maximum absolute atomic E-state index is 13.4. The number of nitrogens with one attached hydrogen (secondary N) is 1. The van der Waals surface area contributed by atoms with Gasteiger partial charge in [-0.05, 0) is 43.2 Å². The van der Waals surface area contributed by atoms with Crippen LogP contribution in [0.4, 0.5) is 13.2 Å². The first kappa shape index (κ1) is 22.3. The zero-order chi connectivity index (χ0) is 22.8. The summed E-state index contributed by atoms with van der Waals surface area (Å²) in [7, 11) is 0.